The van der Waals surface area contributed by atoms with Crippen molar-refractivity contribution in [3.8, 4) is 5.75 Å². The van der Waals surface area contributed by atoms with Gasteiger partial charge in [-0.25, -0.2) is 4.39 Å². The highest BCUT2D eigenvalue weighted by atomic mass is 19.1. The molecule has 2 rings (SSSR count). The van der Waals surface area contributed by atoms with Crippen molar-refractivity contribution in [1.82, 2.24) is 4.90 Å². The lowest BCUT2D eigenvalue weighted by molar-refractivity contribution is -0.126. The van der Waals surface area contributed by atoms with Gasteiger partial charge < -0.3 is 9.64 Å². The Bertz CT molecular complexity index is 695. The third kappa shape index (κ3) is 4.97. The Hall–Kier alpha value is -2.58. The van der Waals surface area contributed by atoms with Crippen LogP contribution in [0.25, 0.3) is 0 Å². The third-order valence-electron chi connectivity index (χ3n) is 3.75. The van der Waals surface area contributed by atoms with E-state index in [1.165, 1.54) is 12.1 Å². The highest BCUT2D eigenvalue weighted by Gasteiger charge is 2.16. The minimum absolute atomic E-state index is 0.00392. The molecular weight excluding hydrogens is 305 g/mol. The summed E-state index contributed by atoms with van der Waals surface area (Å²) in [7, 11) is 0. The maximum Gasteiger partial charge on any atom is 0.254 e. The van der Waals surface area contributed by atoms with Gasteiger partial charge in [-0.15, -0.1) is 5.73 Å². The maximum atomic E-state index is 12.8. The largest absolute Gasteiger partial charge is 0.494 e. The Morgan fingerprint density at radius 2 is 2.04 bits per heavy atom. The number of hydrogen-bond acceptors (Lipinski definition) is 2. The first-order valence-electron chi connectivity index (χ1n) is 8.09. The van der Waals surface area contributed by atoms with E-state index in [1.807, 2.05) is 26.0 Å². The van der Waals surface area contributed by atoms with Gasteiger partial charge in [0.05, 0.1) is 12.2 Å². The monoisotopic (exact) mass is 327 g/mol. The smallest absolute Gasteiger partial charge is 0.254 e. The summed E-state index contributed by atoms with van der Waals surface area (Å²) < 4.78 is 18.4. The van der Waals surface area contributed by atoms with E-state index < -0.39 is 0 Å². The van der Waals surface area contributed by atoms with Crippen LogP contribution in [0, 0.1) is 5.82 Å². The molecule has 0 saturated heterocycles. The van der Waals surface area contributed by atoms with Gasteiger partial charge >= 0.3 is 0 Å². The Labute approximate surface area is 142 Å². The minimum Gasteiger partial charge on any atom is -0.494 e. The number of carbonyl (C=O) groups excluding carboxylic acids is 1. The second-order valence-electron chi connectivity index (χ2n) is 5.47. The fourth-order valence-electron chi connectivity index (χ4n) is 2.36. The van der Waals surface area contributed by atoms with E-state index in [-0.39, 0.29) is 11.7 Å². The Kier molecular flexibility index (Phi) is 6.59. The summed E-state index contributed by atoms with van der Waals surface area (Å²) in [6.45, 7) is 5.60. The molecule has 0 fully saturated rings. The molecule has 0 aliphatic heterocycles. The van der Waals surface area contributed by atoms with Crippen LogP contribution in [-0.2, 0) is 4.79 Å². The number of allylic oxidation sites excluding steroid dienone is 3. The quantitative estimate of drug-likeness (QED) is 0.559. The topological polar surface area (TPSA) is 29.5 Å². The van der Waals surface area contributed by atoms with E-state index >= 15 is 0 Å². The van der Waals surface area contributed by atoms with Crippen LogP contribution in [0.15, 0.2) is 65.4 Å². The molecule has 1 aromatic carbocycles. The van der Waals surface area contributed by atoms with Crippen molar-refractivity contribution < 1.29 is 13.9 Å². The van der Waals surface area contributed by atoms with Gasteiger partial charge in [-0.05, 0) is 62.3 Å². The zero-order chi connectivity index (χ0) is 17.4. The highest BCUT2D eigenvalue weighted by molar-refractivity contribution is 5.97. The predicted molar refractivity (Wildman–Crippen MR) is 93.3 cm³/mol. The Morgan fingerprint density at radius 1 is 1.29 bits per heavy atom. The van der Waals surface area contributed by atoms with Crippen LogP contribution >= 0.6 is 0 Å². The molecule has 24 heavy (non-hydrogen) atoms. The van der Waals surface area contributed by atoms with Crippen molar-refractivity contribution in [3.05, 3.63) is 71.3 Å². The maximum absolute atomic E-state index is 12.8. The molecule has 0 atom stereocenters. The van der Waals surface area contributed by atoms with E-state index in [0.29, 0.717) is 37.4 Å². The fraction of sp³-hybridized carbons (Fsp3) is 0.300. The number of halogens is 1. The molecule has 4 heteroatoms. The molecular formula is C20H22FNO2. The number of benzene rings is 1. The Morgan fingerprint density at radius 3 is 2.75 bits per heavy atom. The molecule has 1 aliphatic carbocycles. The van der Waals surface area contributed by atoms with E-state index in [4.69, 9.17) is 4.74 Å². The van der Waals surface area contributed by atoms with Crippen molar-refractivity contribution in [2.45, 2.75) is 20.3 Å². The van der Waals surface area contributed by atoms with Gasteiger partial charge in [-0.1, -0.05) is 12.2 Å². The van der Waals surface area contributed by atoms with E-state index in [1.54, 1.807) is 29.2 Å². The van der Waals surface area contributed by atoms with Gasteiger partial charge in [0, 0.05) is 13.1 Å². The standard InChI is InChI=1S/C20H22FNO2/c1-3-22(20(23)19-9-6-4-5-8-16(19)2)14-7-15-24-18-12-10-17(21)11-13-18/h4-5,8-13H,3,7,14-15H2,1-2H3. The van der Waals surface area contributed by atoms with Gasteiger partial charge in [0.2, 0.25) is 0 Å². The summed E-state index contributed by atoms with van der Waals surface area (Å²) in [5.41, 5.74) is 4.58. The first-order valence-corrected chi connectivity index (χ1v) is 8.09. The van der Waals surface area contributed by atoms with Crippen molar-refractivity contribution in [2.75, 3.05) is 19.7 Å². The number of carbonyl (C=O) groups is 1. The fourth-order valence-corrected chi connectivity index (χ4v) is 2.36. The van der Waals surface area contributed by atoms with Crippen molar-refractivity contribution in [2.24, 2.45) is 0 Å². The number of ether oxygens (including phenoxy) is 1. The van der Waals surface area contributed by atoms with Gasteiger partial charge in [0.25, 0.3) is 5.91 Å². The van der Waals surface area contributed by atoms with Crippen LogP contribution in [0.3, 0.4) is 0 Å². The highest BCUT2D eigenvalue weighted by Crippen LogP contribution is 2.14. The molecule has 126 valence electrons. The first kappa shape index (κ1) is 17.8. The summed E-state index contributed by atoms with van der Waals surface area (Å²) in [6, 6.07) is 5.93. The average Bonchev–Trinajstić information content (AvgIpc) is 2.80. The molecule has 0 bridgehead atoms. The number of amides is 1. The molecule has 0 aromatic heterocycles. The molecule has 0 saturated carbocycles. The molecule has 3 nitrogen and oxygen atoms in total. The SMILES string of the molecule is CCN(CCCOc1ccc(F)cc1)C(=O)C1=C(C)C=CC=C=C1. The molecule has 1 aliphatic rings. The van der Waals surface area contributed by atoms with E-state index in [9.17, 15) is 9.18 Å². The van der Waals surface area contributed by atoms with Crippen LogP contribution < -0.4 is 4.74 Å². The predicted octanol–water partition coefficient (Wildman–Crippen LogP) is 4.04. The van der Waals surface area contributed by atoms with Crippen molar-refractivity contribution in [3.63, 3.8) is 0 Å². The lowest BCUT2D eigenvalue weighted by Crippen LogP contribution is -2.33. The molecule has 1 amide bonds. The van der Waals surface area contributed by atoms with Crippen LogP contribution in [0.4, 0.5) is 4.39 Å². The Balaban J connectivity index is 1.87. The summed E-state index contributed by atoms with van der Waals surface area (Å²) in [5, 5.41) is 0. The summed E-state index contributed by atoms with van der Waals surface area (Å²) in [6.07, 6.45) is 8.01. The molecule has 0 N–H and O–H groups in total. The second-order valence-corrected chi connectivity index (χ2v) is 5.47. The van der Waals surface area contributed by atoms with Crippen LogP contribution in [0.5, 0.6) is 5.75 Å². The lowest BCUT2D eigenvalue weighted by Gasteiger charge is -2.22. The summed E-state index contributed by atoms with van der Waals surface area (Å²) >= 11 is 0. The van der Waals surface area contributed by atoms with Crippen LogP contribution in [0.2, 0.25) is 0 Å². The van der Waals surface area contributed by atoms with Gasteiger partial charge in [-0.3, -0.25) is 4.79 Å². The lowest BCUT2D eigenvalue weighted by atomic mass is 10.1. The van der Waals surface area contributed by atoms with Crippen LogP contribution in [-0.4, -0.2) is 30.5 Å². The number of hydrogen-bond donors (Lipinski definition) is 0. The van der Waals surface area contributed by atoms with Gasteiger partial charge in [-0.2, -0.15) is 0 Å². The van der Waals surface area contributed by atoms with Crippen LogP contribution in [0.1, 0.15) is 20.3 Å². The normalized spacial score (nSPS) is 13.1. The first-order chi connectivity index (χ1) is 11.6. The van der Waals surface area contributed by atoms with Gasteiger partial charge in [0.15, 0.2) is 0 Å². The van der Waals surface area contributed by atoms with E-state index in [0.717, 1.165) is 5.57 Å². The minimum atomic E-state index is -0.284. The number of rotatable bonds is 7. The second kappa shape index (κ2) is 8.90. The average molecular weight is 327 g/mol. The molecule has 0 heterocycles. The number of likely N-dealkylation sites (N-methyl/N-ethyl adjacent to an activating group) is 1. The summed E-state index contributed by atoms with van der Waals surface area (Å²) in [5.74, 6) is 0.351. The molecule has 0 spiro atoms. The summed E-state index contributed by atoms with van der Waals surface area (Å²) in [4.78, 5) is 14.5. The van der Waals surface area contributed by atoms with Gasteiger partial charge in [0.1, 0.15) is 11.6 Å². The zero-order valence-corrected chi connectivity index (χ0v) is 14.1. The number of nitrogens with zero attached hydrogens (tertiary/aromatic N) is 1. The molecule has 0 unspecified atom stereocenters. The zero-order valence-electron chi connectivity index (χ0n) is 14.1. The molecule has 1 aromatic rings. The van der Waals surface area contributed by atoms with Crippen molar-refractivity contribution in [1.29, 1.82) is 0 Å². The van der Waals surface area contributed by atoms with E-state index in [2.05, 4.69) is 5.73 Å². The van der Waals surface area contributed by atoms with Crippen molar-refractivity contribution >= 4 is 5.91 Å². The molecule has 0 radical (unpaired) electrons. The third-order valence-corrected chi connectivity index (χ3v) is 3.75.